The average Bonchev–Trinajstić information content (AvgIpc) is 3.45. The Morgan fingerprint density at radius 3 is 2.44 bits per heavy atom. The third-order valence-corrected chi connectivity index (χ3v) is 9.08. The van der Waals surface area contributed by atoms with Crippen LogP contribution in [0.3, 0.4) is 0 Å². The third kappa shape index (κ3) is 6.30. The molecule has 2 saturated heterocycles. The van der Waals surface area contributed by atoms with E-state index >= 15 is 0 Å². The van der Waals surface area contributed by atoms with Gasteiger partial charge in [-0.3, -0.25) is 14.1 Å². The lowest BCUT2D eigenvalue weighted by molar-refractivity contribution is 0.343. The first-order valence-electron chi connectivity index (χ1n) is 13.7. The van der Waals surface area contributed by atoms with Crippen molar-refractivity contribution in [1.82, 2.24) is 19.2 Å². The Morgan fingerprint density at radius 1 is 1.02 bits per heavy atom. The van der Waals surface area contributed by atoms with Crippen LogP contribution >= 0.6 is 12.4 Å². The molecule has 0 unspecified atom stereocenters. The maximum absolute atomic E-state index is 14.9. The van der Waals surface area contributed by atoms with Crippen LogP contribution in [0, 0.1) is 12.7 Å². The summed E-state index contributed by atoms with van der Waals surface area (Å²) in [5.41, 5.74) is 2.14. The molecule has 43 heavy (non-hydrogen) atoms. The van der Waals surface area contributed by atoms with Crippen LogP contribution in [0.25, 0.3) is 16.6 Å². The van der Waals surface area contributed by atoms with Gasteiger partial charge in [-0.2, -0.15) is 12.7 Å². The van der Waals surface area contributed by atoms with Crippen LogP contribution in [-0.2, 0) is 10.2 Å². The monoisotopic (exact) mass is 632 g/mol. The molecule has 0 saturated carbocycles. The molecule has 0 spiro atoms. The molecule has 1 aromatic heterocycles. The van der Waals surface area contributed by atoms with Gasteiger partial charge in [-0.15, -0.1) is 12.4 Å². The average molecular weight is 633 g/mol. The van der Waals surface area contributed by atoms with Crippen LogP contribution in [0.15, 0.2) is 65.7 Å². The highest BCUT2D eigenvalue weighted by atomic mass is 35.5. The number of alkyl halides is 1. The lowest BCUT2D eigenvalue weighted by Crippen LogP contribution is -2.43. The summed E-state index contributed by atoms with van der Waals surface area (Å²) in [6.45, 7) is 4.99. The minimum atomic E-state index is -4.04. The van der Waals surface area contributed by atoms with Crippen LogP contribution < -0.4 is 25.2 Å². The number of aromatic nitrogens is 2. The molecule has 4 aromatic rings. The number of fused-ring (bicyclic) bond motifs is 1. The van der Waals surface area contributed by atoms with Gasteiger partial charge in [0.1, 0.15) is 18.2 Å². The van der Waals surface area contributed by atoms with E-state index < -0.39 is 22.2 Å². The molecule has 14 heteroatoms. The summed E-state index contributed by atoms with van der Waals surface area (Å²) in [4.78, 5) is 20.2. The van der Waals surface area contributed by atoms with Crippen LogP contribution in [0.5, 0.6) is 11.5 Å². The molecule has 0 radical (unpaired) electrons. The summed E-state index contributed by atoms with van der Waals surface area (Å²) in [5, 5.41) is 3.60. The molecular weight excluding hydrogens is 602 g/mol. The molecule has 2 fully saturated rings. The molecule has 3 aromatic carbocycles. The SMILES string of the molecule is Cc1c(NS(=O)(=O)N2CC[C@@H](F)C2)ccc(F)c1Oc1ccc2ncn(-c3ccc(N4CCNCC4)cc3)c(=O)c2c1.Cl. The van der Waals surface area contributed by atoms with E-state index in [9.17, 15) is 22.0 Å². The molecule has 0 bridgehead atoms. The van der Waals surface area contributed by atoms with Crippen molar-refractivity contribution in [3.63, 3.8) is 0 Å². The number of anilines is 2. The van der Waals surface area contributed by atoms with Crippen molar-refractivity contribution >= 4 is 44.9 Å². The van der Waals surface area contributed by atoms with E-state index in [-0.39, 0.29) is 65.6 Å². The van der Waals surface area contributed by atoms with Gasteiger partial charge in [-0.25, -0.2) is 13.8 Å². The zero-order valence-corrected chi connectivity index (χ0v) is 24.9. The molecule has 2 aliphatic rings. The third-order valence-electron chi connectivity index (χ3n) is 7.59. The summed E-state index contributed by atoms with van der Waals surface area (Å²) < 4.78 is 64.7. The first kappa shape index (κ1) is 30.7. The summed E-state index contributed by atoms with van der Waals surface area (Å²) in [7, 11) is -4.04. The minimum absolute atomic E-state index is 0. The predicted molar refractivity (Wildman–Crippen MR) is 165 cm³/mol. The number of hydrogen-bond acceptors (Lipinski definition) is 7. The molecule has 6 rings (SSSR count). The van der Waals surface area contributed by atoms with E-state index in [1.54, 1.807) is 12.1 Å². The normalized spacial score (nSPS) is 17.6. The highest BCUT2D eigenvalue weighted by Crippen LogP contribution is 2.34. The number of piperazine rings is 1. The van der Waals surface area contributed by atoms with Gasteiger partial charge < -0.3 is 15.0 Å². The minimum Gasteiger partial charge on any atom is -0.454 e. The smallest absolute Gasteiger partial charge is 0.301 e. The first-order valence-corrected chi connectivity index (χ1v) is 15.1. The molecule has 3 heterocycles. The lowest BCUT2D eigenvalue weighted by Gasteiger charge is -2.29. The quantitative estimate of drug-likeness (QED) is 0.315. The van der Waals surface area contributed by atoms with E-state index in [1.165, 1.54) is 30.0 Å². The van der Waals surface area contributed by atoms with Crippen molar-refractivity contribution in [3.05, 3.63) is 82.7 Å². The molecular formula is C29H31ClF2N6O4S. The van der Waals surface area contributed by atoms with E-state index in [4.69, 9.17) is 4.74 Å². The number of nitrogens with one attached hydrogen (secondary N) is 2. The summed E-state index contributed by atoms with van der Waals surface area (Å²) >= 11 is 0. The van der Waals surface area contributed by atoms with Crippen LogP contribution in [0.4, 0.5) is 20.2 Å². The Labute approximate surface area is 253 Å². The van der Waals surface area contributed by atoms with Gasteiger partial charge in [0, 0.05) is 50.5 Å². The van der Waals surface area contributed by atoms with Crippen LogP contribution in [-0.4, -0.2) is 67.7 Å². The van der Waals surface area contributed by atoms with Crippen molar-refractivity contribution in [2.45, 2.75) is 19.5 Å². The fourth-order valence-corrected chi connectivity index (χ4v) is 6.55. The standard InChI is InChI=1S/C29H30F2N6O4S.ClH/c1-19-26(34-42(39,40)36-13-10-20(30)17-36)9-7-25(31)28(19)41-23-6-8-27-24(16-23)29(38)37(18-33-27)22-4-2-21(3-5-22)35-14-11-32-12-15-35;/h2-9,16,18,20,32,34H,10-15,17H2,1H3;1H/t20-;/m1./s1. The highest BCUT2D eigenvalue weighted by Gasteiger charge is 2.32. The molecule has 0 amide bonds. The predicted octanol–water partition coefficient (Wildman–Crippen LogP) is 4.16. The summed E-state index contributed by atoms with van der Waals surface area (Å²) in [6, 6.07) is 14.7. The van der Waals surface area contributed by atoms with Gasteiger partial charge in [0.25, 0.3) is 5.56 Å². The van der Waals surface area contributed by atoms with Gasteiger partial charge in [-0.05, 0) is 67.9 Å². The second kappa shape index (κ2) is 12.4. The first-order chi connectivity index (χ1) is 20.2. The molecule has 2 aliphatic heterocycles. The summed E-state index contributed by atoms with van der Waals surface area (Å²) in [5.74, 6) is -0.740. The fraction of sp³-hybridized carbons (Fsp3) is 0.310. The van der Waals surface area contributed by atoms with E-state index in [2.05, 4.69) is 19.9 Å². The number of nitrogens with zero attached hydrogens (tertiary/aromatic N) is 4. The van der Waals surface area contributed by atoms with Gasteiger partial charge in [-0.1, -0.05) is 0 Å². The fourth-order valence-electron chi connectivity index (χ4n) is 5.22. The molecule has 0 aliphatic carbocycles. The van der Waals surface area contributed by atoms with E-state index in [0.29, 0.717) is 11.2 Å². The van der Waals surface area contributed by atoms with Crippen molar-refractivity contribution in [3.8, 4) is 17.2 Å². The van der Waals surface area contributed by atoms with Gasteiger partial charge in [0.2, 0.25) is 0 Å². The number of rotatable bonds is 7. The Hall–Kier alpha value is -3.78. The summed E-state index contributed by atoms with van der Waals surface area (Å²) in [6.07, 6.45) is 0.368. The Bertz CT molecular complexity index is 1800. The van der Waals surface area contributed by atoms with Crippen LogP contribution in [0.2, 0.25) is 0 Å². The Balaban J connectivity index is 0.00000368. The number of hydrogen-bond donors (Lipinski definition) is 2. The second-order valence-corrected chi connectivity index (χ2v) is 12.0. The van der Waals surface area contributed by atoms with Gasteiger partial charge >= 0.3 is 10.2 Å². The maximum Gasteiger partial charge on any atom is 0.301 e. The molecule has 1 atom stereocenters. The molecule has 2 N–H and O–H groups in total. The largest absolute Gasteiger partial charge is 0.454 e. The number of ether oxygens (including phenoxy) is 1. The van der Waals surface area contributed by atoms with E-state index in [0.717, 1.165) is 42.2 Å². The van der Waals surface area contributed by atoms with Crippen LogP contribution in [0.1, 0.15) is 12.0 Å². The van der Waals surface area contributed by atoms with Crippen molar-refractivity contribution in [2.75, 3.05) is 48.9 Å². The number of benzene rings is 3. The molecule has 10 nitrogen and oxygen atoms in total. The number of halogens is 3. The van der Waals surface area contributed by atoms with Crippen molar-refractivity contribution in [2.24, 2.45) is 0 Å². The van der Waals surface area contributed by atoms with Gasteiger partial charge in [0.15, 0.2) is 11.6 Å². The molecule has 228 valence electrons. The van der Waals surface area contributed by atoms with Gasteiger partial charge in [0.05, 0.1) is 22.3 Å². The van der Waals surface area contributed by atoms with E-state index in [1.807, 2.05) is 24.3 Å². The van der Waals surface area contributed by atoms with Crippen molar-refractivity contribution in [1.29, 1.82) is 0 Å². The Kier molecular flexibility index (Phi) is 8.88. The zero-order chi connectivity index (χ0) is 29.4. The Morgan fingerprint density at radius 2 is 1.74 bits per heavy atom. The van der Waals surface area contributed by atoms with Crippen molar-refractivity contribution < 1.29 is 21.9 Å². The zero-order valence-electron chi connectivity index (χ0n) is 23.3. The second-order valence-electron chi connectivity index (χ2n) is 10.4. The lowest BCUT2D eigenvalue weighted by atomic mass is 10.1. The topological polar surface area (TPSA) is 109 Å². The highest BCUT2D eigenvalue weighted by molar-refractivity contribution is 7.90. The maximum atomic E-state index is 14.9.